The number of nitrogens with one attached hydrogen (secondary N) is 1. The third-order valence-corrected chi connectivity index (χ3v) is 6.15. The molecule has 1 aromatic carbocycles. The van der Waals surface area contributed by atoms with Crippen LogP contribution in [0.2, 0.25) is 0 Å². The number of hydrogen-bond donors (Lipinski definition) is 1. The van der Waals surface area contributed by atoms with Crippen LogP contribution in [0.1, 0.15) is 43.0 Å². The van der Waals surface area contributed by atoms with Crippen molar-refractivity contribution in [3.63, 3.8) is 0 Å². The molecule has 1 N–H and O–H groups in total. The van der Waals surface area contributed by atoms with Gasteiger partial charge < -0.3 is 19.1 Å². The van der Waals surface area contributed by atoms with E-state index in [1.807, 2.05) is 23.1 Å². The van der Waals surface area contributed by atoms with Crippen LogP contribution >= 0.6 is 0 Å². The molecule has 158 valence electrons. The molecule has 3 heterocycles. The number of carbonyl (C=O) groups is 1. The molecular weight excluding hydrogens is 392 g/mol. The van der Waals surface area contributed by atoms with Gasteiger partial charge in [-0.05, 0) is 49.3 Å². The summed E-state index contributed by atoms with van der Waals surface area (Å²) in [6, 6.07) is 15.9. The first-order valence-electron chi connectivity index (χ1n) is 10.8. The highest BCUT2D eigenvalue weighted by molar-refractivity contribution is 5.79. The fourth-order valence-electron chi connectivity index (χ4n) is 4.28. The summed E-state index contributed by atoms with van der Waals surface area (Å²) >= 11 is 0. The van der Waals surface area contributed by atoms with Crippen molar-refractivity contribution in [2.75, 3.05) is 18.0 Å². The Labute approximate surface area is 180 Å². The van der Waals surface area contributed by atoms with Crippen molar-refractivity contribution in [2.24, 2.45) is 11.8 Å². The van der Waals surface area contributed by atoms with Crippen molar-refractivity contribution < 1.29 is 13.6 Å². The van der Waals surface area contributed by atoms with Gasteiger partial charge >= 0.3 is 0 Å². The largest absolute Gasteiger partial charge is 0.459 e. The lowest BCUT2D eigenvalue weighted by Gasteiger charge is -2.32. The Hall–Kier alpha value is -3.53. The van der Waals surface area contributed by atoms with E-state index < -0.39 is 0 Å². The van der Waals surface area contributed by atoms with E-state index in [2.05, 4.69) is 28.5 Å². The molecule has 2 aromatic heterocycles. The molecule has 1 atom stereocenters. The summed E-state index contributed by atoms with van der Waals surface area (Å²) in [6.07, 6.45) is 5.29. The fourth-order valence-corrected chi connectivity index (χ4v) is 4.28. The van der Waals surface area contributed by atoms with Crippen molar-refractivity contribution in [3.8, 4) is 17.7 Å². The Kier molecular flexibility index (Phi) is 5.21. The maximum absolute atomic E-state index is 13.0. The van der Waals surface area contributed by atoms with Crippen LogP contribution in [0.5, 0.6) is 0 Å². The predicted octanol–water partition coefficient (Wildman–Crippen LogP) is 4.29. The topological polar surface area (TPSA) is 95.3 Å². The molecule has 31 heavy (non-hydrogen) atoms. The number of carbonyl (C=O) groups excluding carboxylic acids is 1. The first-order chi connectivity index (χ1) is 15.2. The van der Waals surface area contributed by atoms with Gasteiger partial charge in [0, 0.05) is 19.0 Å². The van der Waals surface area contributed by atoms with Gasteiger partial charge in [0.25, 0.3) is 5.89 Å². The number of piperidine rings is 1. The maximum atomic E-state index is 13.0. The molecule has 1 saturated heterocycles. The summed E-state index contributed by atoms with van der Waals surface area (Å²) < 4.78 is 11.2. The van der Waals surface area contributed by atoms with Gasteiger partial charge in [-0.25, -0.2) is 0 Å². The summed E-state index contributed by atoms with van der Waals surface area (Å²) in [5.74, 6) is 1.86. The summed E-state index contributed by atoms with van der Waals surface area (Å²) in [7, 11) is 0. The average molecular weight is 416 g/mol. The quantitative estimate of drug-likeness (QED) is 0.644. The molecule has 5 rings (SSSR count). The Morgan fingerprint density at radius 3 is 2.55 bits per heavy atom. The van der Waals surface area contributed by atoms with Crippen LogP contribution in [0.4, 0.5) is 5.88 Å². The zero-order valence-corrected chi connectivity index (χ0v) is 17.2. The number of amides is 1. The first-order valence-corrected chi connectivity index (χ1v) is 10.8. The number of hydrogen-bond acceptors (Lipinski definition) is 6. The molecule has 0 radical (unpaired) electrons. The molecule has 1 amide bonds. The fraction of sp³-hybridized carbons (Fsp3) is 0.375. The van der Waals surface area contributed by atoms with Gasteiger partial charge in [-0.1, -0.05) is 30.3 Å². The number of nitriles is 1. The van der Waals surface area contributed by atoms with Crippen LogP contribution in [0.25, 0.3) is 11.7 Å². The van der Waals surface area contributed by atoms with E-state index in [4.69, 9.17) is 8.83 Å². The van der Waals surface area contributed by atoms with Crippen molar-refractivity contribution in [3.05, 3.63) is 60.0 Å². The monoisotopic (exact) mass is 416 g/mol. The van der Waals surface area contributed by atoms with Crippen molar-refractivity contribution in [1.82, 2.24) is 10.3 Å². The van der Waals surface area contributed by atoms with E-state index in [0.717, 1.165) is 0 Å². The van der Waals surface area contributed by atoms with Crippen molar-refractivity contribution in [2.45, 2.75) is 31.7 Å². The van der Waals surface area contributed by atoms with Crippen molar-refractivity contribution in [1.29, 1.82) is 5.26 Å². The smallest absolute Gasteiger partial charge is 0.266 e. The second-order valence-corrected chi connectivity index (χ2v) is 8.26. The number of oxazole rings is 1. The minimum absolute atomic E-state index is 0.0424. The van der Waals surface area contributed by atoms with Crippen LogP contribution in [0.3, 0.4) is 0 Å². The lowest BCUT2D eigenvalue weighted by Crippen LogP contribution is -2.42. The van der Waals surface area contributed by atoms with Crippen molar-refractivity contribution >= 4 is 11.8 Å². The van der Waals surface area contributed by atoms with Gasteiger partial charge in [0.2, 0.25) is 17.5 Å². The second-order valence-electron chi connectivity index (χ2n) is 8.26. The minimum Gasteiger partial charge on any atom is -0.459 e. The zero-order valence-electron chi connectivity index (χ0n) is 17.2. The summed E-state index contributed by atoms with van der Waals surface area (Å²) in [6.45, 7) is 1.28. The molecule has 1 saturated carbocycles. The predicted molar refractivity (Wildman–Crippen MR) is 114 cm³/mol. The van der Waals surface area contributed by atoms with Gasteiger partial charge in [-0.15, -0.1) is 0 Å². The van der Waals surface area contributed by atoms with E-state index in [0.29, 0.717) is 49.4 Å². The number of benzene rings is 1. The molecule has 0 spiro atoms. The molecule has 7 nitrogen and oxygen atoms in total. The molecule has 1 aliphatic heterocycles. The molecule has 7 heteroatoms. The molecule has 1 aliphatic carbocycles. The maximum Gasteiger partial charge on any atom is 0.266 e. The van der Waals surface area contributed by atoms with Gasteiger partial charge in [0.05, 0.1) is 12.3 Å². The van der Waals surface area contributed by atoms with E-state index in [1.165, 1.54) is 18.4 Å². The third kappa shape index (κ3) is 4.06. The second kappa shape index (κ2) is 8.31. The number of furan rings is 1. The van der Waals surface area contributed by atoms with Crippen LogP contribution in [-0.2, 0) is 4.79 Å². The van der Waals surface area contributed by atoms with E-state index in [-0.39, 0.29) is 23.6 Å². The molecule has 1 unspecified atom stereocenters. The van der Waals surface area contributed by atoms with Crippen LogP contribution < -0.4 is 10.2 Å². The Morgan fingerprint density at radius 2 is 1.90 bits per heavy atom. The Morgan fingerprint density at radius 1 is 1.13 bits per heavy atom. The summed E-state index contributed by atoms with van der Waals surface area (Å²) in [5, 5.41) is 12.8. The highest BCUT2D eigenvalue weighted by Gasteiger charge is 2.36. The Balaban J connectivity index is 1.23. The van der Waals surface area contributed by atoms with Gasteiger partial charge in [-0.2, -0.15) is 10.2 Å². The lowest BCUT2D eigenvalue weighted by molar-refractivity contribution is -0.126. The molecule has 3 aromatic rings. The van der Waals surface area contributed by atoms with Crippen LogP contribution in [-0.4, -0.2) is 24.0 Å². The normalized spacial score (nSPS) is 17.8. The lowest BCUT2D eigenvalue weighted by atomic mass is 9.94. The van der Waals surface area contributed by atoms with Crippen LogP contribution in [0.15, 0.2) is 57.6 Å². The number of aromatic nitrogens is 1. The standard InChI is InChI=1S/C24H24N4O3/c25-15-19-24(31-23(26-19)20-7-4-14-30-20)28-12-10-18(11-13-28)22(29)27-21(17-8-9-17)16-5-2-1-3-6-16/h1-7,14,17-18,21H,8-13H2,(H,27,29). The zero-order chi connectivity index (χ0) is 21.2. The number of anilines is 1. The van der Waals surface area contributed by atoms with E-state index in [9.17, 15) is 10.1 Å². The number of rotatable bonds is 6. The van der Waals surface area contributed by atoms with Gasteiger partial charge in [-0.3, -0.25) is 4.79 Å². The van der Waals surface area contributed by atoms with Gasteiger partial charge in [0.1, 0.15) is 6.07 Å². The first kappa shape index (κ1) is 19.4. The molecule has 2 aliphatic rings. The SMILES string of the molecule is N#Cc1nc(-c2ccco2)oc1N1CCC(C(=O)NC(c2ccccc2)C2CC2)CC1. The van der Waals surface area contributed by atoms with Gasteiger partial charge in [0.15, 0.2) is 5.76 Å². The molecule has 2 fully saturated rings. The summed E-state index contributed by atoms with van der Waals surface area (Å²) in [5.41, 5.74) is 1.42. The van der Waals surface area contributed by atoms with Crippen LogP contribution in [0, 0.1) is 23.2 Å². The number of nitrogens with zero attached hydrogens (tertiary/aromatic N) is 3. The van der Waals surface area contributed by atoms with E-state index >= 15 is 0 Å². The average Bonchev–Trinajstić information content (AvgIpc) is 3.33. The summed E-state index contributed by atoms with van der Waals surface area (Å²) in [4.78, 5) is 19.3. The highest BCUT2D eigenvalue weighted by Crippen LogP contribution is 2.41. The van der Waals surface area contributed by atoms with E-state index in [1.54, 1.807) is 18.4 Å². The highest BCUT2D eigenvalue weighted by atomic mass is 16.4. The third-order valence-electron chi connectivity index (χ3n) is 6.15. The molecule has 0 bridgehead atoms. The Bertz CT molecular complexity index is 1070. The minimum atomic E-state index is -0.0424. The molecular formula is C24H24N4O3.